The molecule has 2 unspecified atom stereocenters. The number of carboxylic acids is 1. The minimum absolute atomic E-state index is 0.125. The molecule has 1 aliphatic rings. The molecule has 1 rings (SSSR count). The van der Waals surface area contributed by atoms with Gasteiger partial charge >= 0.3 is 5.97 Å². The lowest BCUT2D eigenvalue weighted by atomic mass is 9.86. The maximum absolute atomic E-state index is 11.5. The molecule has 1 fully saturated rings. The van der Waals surface area contributed by atoms with Crippen LogP contribution in [-0.4, -0.2) is 22.7 Å². The zero-order chi connectivity index (χ0) is 11.9. The molecular weight excluding hydrogens is 190 g/mol. The predicted molar refractivity (Wildman–Crippen MR) is 60.8 cm³/mol. The zero-order valence-electron chi connectivity index (χ0n) is 10.4. The Labute approximate surface area is 92.3 Å². The number of carboxylic acid groups (broad SMARTS) is 1. The number of hydrogen-bond acceptors (Lipinski definition) is 2. The smallest absolute Gasteiger partial charge is 0.324 e. The molecule has 2 atom stereocenters. The Bertz CT molecular complexity index is 260. The summed E-state index contributed by atoms with van der Waals surface area (Å²) >= 11 is 0. The van der Waals surface area contributed by atoms with E-state index >= 15 is 0 Å². The Morgan fingerprint density at radius 2 is 2.00 bits per heavy atom. The quantitative estimate of drug-likeness (QED) is 0.756. The van der Waals surface area contributed by atoms with Gasteiger partial charge < -0.3 is 5.11 Å². The van der Waals surface area contributed by atoms with Crippen LogP contribution in [0.1, 0.15) is 47.5 Å². The molecule has 0 heterocycles. The van der Waals surface area contributed by atoms with E-state index in [1.807, 2.05) is 20.8 Å². The summed E-state index contributed by atoms with van der Waals surface area (Å²) < 4.78 is 0. The highest BCUT2D eigenvalue weighted by Crippen LogP contribution is 2.47. The van der Waals surface area contributed by atoms with E-state index in [4.69, 9.17) is 0 Å². The second-order valence-electron chi connectivity index (χ2n) is 6.02. The van der Waals surface area contributed by atoms with Crippen LogP contribution in [0.4, 0.5) is 0 Å². The summed E-state index contributed by atoms with van der Waals surface area (Å²) in [6.07, 6.45) is 1.69. The van der Waals surface area contributed by atoms with Crippen LogP contribution in [0.15, 0.2) is 0 Å². The van der Waals surface area contributed by atoms with Gasteiger partial charge in [-0.05, 0) is 38.0 Å². The molecule has 0 radical (unpaired) electrons. The van der Waals surface area contributed by atoms with Crippen molar-refractivity contribution in [2.45, 2.75) is 59.0 Å². The van der Waals surface area contributed by atoms with E-state index in [0.717, 1.165) is 6.42 Å². The first-order valence-corrected chi connectivity index (χ1v) is 5.71. The van der Waals surface area contributed by atoms with Gasteiger partial charge in [-0.25, -0.2) is 0 Å². The number of rotatable bonds is 3. The van der Waals surface area contributed by atoms with Gasteiger partial charge in [0.25, 0.3) is 0 Å². The number of nitrogens with one attached hydrogen (secondary N) is 1. The molecule has 2 N–H and O–H groups in total. The molecule has 88 valence electrons. The molecule has 0 amide bonds. The highest BCUT2D eigenvalue weighted by atomic mass is 16.4. The molecule has 0 aromatic carbocycles. The summed E-state index contributed by atoms with van der Waals surface area (Å²) in [6.45, 7) is 10.3. The van der Waals surface area contributed by atoms with Crippen molar-refractivity contribution in [1.29, 1.82) is 0 Å². The van der Waals surface area contributed by atoms with Crippen molar-refractivity contribution in [2.75, 3.05) is 0 Å². The summed E-state index contributed by atoms with van der Waals surface area (Å²) in [5, 5.41) is 12.7. The molecular formula is C12H23NO2. The van der Waals surface area contributed by atoms with E-state index in [9.17, 15) is 9.90 Å². The molecule has 1 saturated carbocycles. The van der Waals surface area contributed by atoms with Crippen LogP contribution in [-0.2, 0) is 4.79 Å². The highest BCUT2D eigenvalue weighted by molar-refractivity contribution is 5.80. The van der Waals surface area contributed by atoms with Crippen molar-refractivity contribution in [1.82, 2.24) is 5.32 Å². The van der Waals surface area contributed by atoms with E-state index in [1.54, 1.807) is 0 Å². The van der Waals surface area contributed by atoms with Crippen molar-refractivity contribution < 1.29 is 9.90 Å². The van der Waals surface area contributed by atoms with Gasteiger partial charge in [0, 0.05) is 6.04 Å². The number of hydrogen-bond donors (Lipinski definition) is 2. The normalized spacial score (nSPS) is 34.7. The topological polar surface area (TPSA) is 49.3 Å². The monoisotopic (exact) mass is 213 g/mol. The Hall–Kier alpha value is -0.570. The van der Waals surface area contributed by atoms with Crippen LogP contribution in [0.2, 0.25) is 0 Å². The summed E-state index contributed by atoms with van der Waals surface area (Å²) in [7, 11) is 0. The molecule has 0 aliphatic heterocycles. The van der Waals surface area contributed by atoms with E-state index in [1.165, 1.54) is 0 Å². The maximum atomic E-state index is 11.5. The van der Waals surface area contributed by atoms with Gasteiger partial charge in [0.1, 0.15) is 5.54 Å². The molecule has 3 heteroatoms. The van der Waals surface area contributed by atoms with Crippen molar-refractivity contribution in [3.63, 3.8) is 0 Å². The largest absolute Gasteiger partial charge is 0.480 e. The van der Waals surface area contributed by atoms with Gasteiger partial charge in [-0.15, -0.1) is 0 Å². The third kappa shape index (κ3) is 2.33. The molecule has 15 heavy (non-hydrogen) atoms. The molecule has 0 bridgehead atoms. The summed E-state index contributed by atoms with van der Waals surface area (Å²) in [5.41, 5.74) is -0.600. The molecule has 0 saturated heterocycles. The first-order chi connectivity index (χ1) is 6.69. The fourth-order valence-electron chi connectivity index (χ4n) is 3.06. The third-order valence-electron chi connectivity index (χ3n) is 3.39. The van der Waals surface area contributed by atoms with E-state index in [-0.39, 0.29) is 17.4 Å². The summed E-state index contributed by atoms with van der Waals surface area (Å²) in [6, 6.07) is 0.206. The molecule has 0 aromatic rings. The lowest BCUT2D eigenvalue weighted by molar-refractivity contribution is -0.147. The van der Waals surface area contributed by atoms with Crippen LogP contribution in [0.5, 0.6) is 0 Å². The fourth-order valence-corrected chi connectivity index (χ4v) is 3.06. The van der Waals surface area contributed by atoms with Crippen molar-refractivity contribution >= 4 is 5.97 Å². The van der Waals surface area contributed by atoms with Crippen LogP contribution >= 0.6 is 0 Å². The predicted octanol–water partition coefficient (Wildman–Crippen LogP) is 2.26. The van der Waals surface area contributed by atoms with Gasteiger partial charge in [0.05, 0.1) is 0 Å². The highest BCUT2D eigenvalue weighted by Gasteiger charge is 2.53. The second kappa shape index (κ2) is 3.78. The van der Waals surface area contributed by atoms with Gasteiger partial charge in [0.15, 0.2) is 0 Å². The van der Waals surface area contributed by atoms with E-state index in [2.05, 4.69) is 19.2 Å². The third-order valence-corrected chi connectivity index (χ3v) is 3.39. The number of aliphatic carboxylic acids is 1. The fraction of sp³-hybridized carbons (Fsp3) is 0.917. The van der Waals surface area contributed by atoms with E-state index < -0.39 is 11.5 Å². The van der Waals surface area contributed by atoms with Gasteiger partial charge in [-0.2, -0.15) is 0 Å². The molecule has 0 aromatic heterocycles. The zero-order valence-corrected chi connectivity index (χ0v) is 10.4. The van der Waals surface area contributed by atoms with Gasteiger partial charge in [0.2, 0.25) is 0 Å². The van der Waals surface area contributed by atoms with Gasteiger partial charge in [-0.1, -0.05) is 20.8 Å². The molecule has 3 nitrogen and oxygen atoms in total. The molecule has 0 spiro atoms. The first kappa shape index (κ1) is 12.5. The van der Waals surface area contributed by atoms with Crippen LogP contribution in [0.3, 0.4) is 0 Å². The lowest BCUT2D eigenvalue weighted by Crippen LogP contribution is -2.56. The SMILES string of the molecule is CC(C)NC1(C(=O)O)CC(C)(C)CC1C. The van der Waals surface area contributed by atoms with Crippen LogP contribution in [0.25, 0.3) is 0 Å². The van der Waals surface area contributed by atoms with Crippen molar-refractivity contribution in [2.24, 2.45) is 11.3 Å². The Balaban J connectivity index is 2.97. The van der Waals surface area contributed by atoms with E-state index in [0.29, 0.717) is 6.42 Å². The Morgan fingerprint density at radius 3 is 2.27 bits per heavy atom. The van der Waals surface area contributed by atoms with Crippen molar-refractivity contribution in [3.8, 4) is 0 Å². The second-order valence-corrected chi connectivity index (χ2v) is 6.02. The minimum Gasteiger partial charge on any atom is -0.480 e. The standard InChI is InChI=1S/C12H23NO2/c1-8(2)13-12(10(14)15)7-11(4,5)6-9(12)3/h8-9,13H,6-7H2,1-5H3,(H,14,15). The maximum Gasteiger partial charge on any atom is 0.324 e. The minimum atomic E-state index is -0.725. The average molecular weight is 213 g/mol. The first-order valence-electron chi connectivity index (χ1n) is 5.71. The average Bonchev–Trinajstić information content (AvgIpc) is 2.20. The number of carbonyl (C=O) groups is 1. The Morgan fingerprint density at radius 1 is 1.47 bits per heavy atom. The summed E-state index contributed by atoms with van der Waals surface area (Å²) in [5.74, 6) is -0.512. The lowest BCUT2D eigenvalue weighted by Gasteiger charge is -2.33. The molecule has 1 aliphatic carbocycles. The van der Waals surface area contributed by atoms with Crippen molar-refractivity contribution in [3.05, 3.63) is 0 Å². The Kier molecular flexibility index (Phi) is 3.15. The van der Waals surface area contributed by atoms with Crippen LogP contribution in [0, 0.1) is 11.3 Å². The van der Waals surface area contributed by atoms with Crippen LogP contribution < -0.4 is 5.32 Å². The van der Waals surface area contributed by atoms with Gasteiger partial charge in [-0.3, -0.25) is 10.1 Å². The summed E-state index contributed by atoms with van der Waals surface area (Å²) in [4.78, 5) is 11.5.